The third-order valence-electron chi connectivity index (χ3n) is 2.41. The molecule has 78 valence electrons. The summed E-state index contributed by atoms with van der Waals surface area (Å²) in [5, 5.41) is 9.38. The maximum absolute atomic E-state index is 13.0. The molecule has 0 radical (unpaired) electrons. The number of fused-ring (bicyclic) bond motifs is 1. The molecule has 4 heteroatoms. The van der Waals surface area contributed by atoms with Crippen LogP contribution in [0.25, 0.3) is 10.9 Å². The lowest BCUT2D eigenvalue weighted by Crippen LogP contribution is -2.00. The van der Waals surface area contributed by atoms with Crippen molar-refractivity contribution in [3.63, 3.8) is 0 Å². The molecule has 0 aliphatic rings. The van der Waals surface area contributed by atoms with Gasteiger partial charge in [-0.15, -0.1) is 0 Å². The Labute approximate surface area is 85.5 Å². The van der Waals surface area contributed by atoms with Crippen LogP contribution in [0, 0.1) is 12.7 Å². The van der Waals surface area contributed by atoms with Gasteiger partial charge >= 0.3 is 5.97 Å². The smallest absolute Gasteiger partial charge is 0.307 e. The lowest BCUT2D eigenvalue weighted by Gasteiger charge is -1.96. The van der Waals surface area contributed by atoms with Crippen molar-refractivity contribution in [3.05, 3.63) is 35.3 Å². The molecule has 0 saturated carbocycles. The van der Waals surface area contributed by atoms with Gasteiger partial charge in [-0.05, 0) is 30.7 Å². The van der Waals surface area contributed by atoms with Crippen molar-refractivity contribution in [1.29, 1.82) is 0 Å². The number of hydrogen-bond acceptors (Lipinski definition) is 1. The predicted octanol–water partition coefficient (Wildman–Crippen LogP) is 2.24. The van der Waals surface area contributed by atoms with Crippen LogP contribution in [0.15, 0.2) is 18.2 Å². The number of nitrogens with one attached hydrogen (secondary N) is 1. The van der Waals surface area contributed by atoms with Gasteiger partial charge in [-0.25, -0.2) is 4.39 Å². The van der Waals surface area contributed by atoms with E-state index in [1.165, 1.54) is 12.1 Å². The Balaban J connectivity index is 2.65. The molecule has 15 heavy (non-hydrogen) atoms. The standard InChI is InChI=1S/C11H10FNO2/c1-6-8(5-11(14)15)9-4-7(12)2-3-10(9)13-6/h2-4,13H,5H2,1H3,(H,14,15). The predicted molar refractivity (Wildman–Crippen MR) is 54.3 cm³/mol. The maximum Gasteiger partial charge on any atom is 0.307 e. The van der Waals surface area contributed by atoms with E-state index >= 15 is 0 Å². The number of aromatic nitrogens is 1. The third-order valence-corrected chi connectivity index (χ3v) is 2.41. The minimum Gasteiger partial charge on any atom is -0.481 e. The van der Waals surface area contributed by atoms with Crippen molar-refractivity contribution >= 4 is 16.9 Å². The van der Waals surface area contributed by atoms with Crippen molar-refractivity contribution in [2.24, 2.45) is 0 Å². The van der Waals surface area contributed by atoms with Gasteiger partial charge in [-0.1, -0.05) is 0 Å². The molecule has 0 unspecified atom stereocenters. The van der Waals surface area contributed by atoms with E-state index in [0.717, 1.165) is 11.2 Å². The van der Waals surface area contributed by atoms with Crippen molar-refractivity contribution in [2.45, 2.75) is 13.3 Å². The highest BCUT2D eigenvalue weighted by Gasteiger charge is 2.11. The van der Waals surface area contributed by atoms with Gasteiger partial charge in [0.1, 0.15) is 5.82 Å². The first-order valence-electron chi connectivity index (χ1n) is 4.56. The van der Waals surface area contributed by atoms with Gasteiger partial charge in [0.15, 0.2) is 0 Å². The molecule has 2 aromatic rings. The van der Waals surface area contributed by atoms with Crippen molar-refractivity contribution < 1.29 is 14.3 Å². The molecule has 0 amide bonds. The third kappa shape index (κ3) is 1.70. The largest absolute Gasteiger partial charge is 0.481 e. The Morgan fingerprint density at radius 3 is 2.93 bits per heavy atom. The Morgan fingerprint density at radius 1 is 1.53 bits per heavy atom. The average Bonchev–Trinajstić information content (AvgIpc) is 2.43. The van der Waals surface area contributed by atoms with E-state index in [0.29, 0.717) is 10.9 Å². The van der Waals surface area contributed by atoms with Gasteiger partial charge in [-0.3, -0.25) is 4.79 Å². The van der Waals surface area contributed by atoms with Crippen LogP contribution in [0.3, 0.4) is 0 Å². The molecule has 1 heterocycles. The molecule has 0 atom stereocenters. The number of H-pyrrole nitrogens is 1. The number of carboxylic acid groups (broad SMARTS) is 1. The van der Waals surface area contributed by atoms with Gasteiger partial charge in [0.05, 0.1) is 6.42 Å². The summed E-state index contributed by atoms with van der Waals surface area (Å²) in [5.41, 5.74) is 2.19. The van der Waals surface area contributed by atoms with Crippen LogP contribution in [0.5, 0.6) is 0 Å². The molecule has 2 rings (SSSR count). The van der Waals surface area contributed by atoms with Gasteiger partial charge in [0.2, 0.25) is 0 Å². The fourth-order valence-electron chi connectivity index (χ4n) is 1.73. The maximum atomic E-state index is 13.0. The zero-order chi connectivity index (χ0) is 11.0. The molecule has 0 bridgehead atoms. The highest BCUT2D eigenvalue weighted by Crippen LogP contribution is 2.23. The molecule has 0 fully saturated rings. The van der Waals surface area contributed by atoms with E-state index in [1.807, 2.05) is 0 Å². The number of carbonyl (C=O) groups is 1. The molecular weight excluding hydrogens is 197 g/mol. The fourth-order valence-corrected chi connectivity index (χ4v) is 1.73. The zero-order valence-corrected chi connectivity index (χ0v) is 8.17. The molecule has 0 spiro atoms. The first-order valence-corrected chi connectivity index (χ1v) is 4.56. The Bertz CT molecular complexity index is 531. The molecule has 0 aliphatic heterocycles. The Kier molecular flexibility index (Phi) is 2.19. The van der Waals surface area contributed by atoms with Gasteiger partial charge < -0.3 is 10.1 Å². The number of aliphatic carboxylic acids is 1. The number of halogens is 1. The summed E-state index contributed by atoms with van der Waals surface area (Å²) < 4.78 is 13.0. The number of hydrogen-bond donors (Lipinski definition) is 2. The van der Waals surface area contributed by atoms with E-state index in [9.17, 15) is 9.18 Å². The van der Waals surface area contributed by atoms with Crippen LogP contribution in [0.4, 0.5) is 4.39 Å². The molecule has 3 nitrogen and oxygen atoms in total. The summed E-state index contributed by atoms with van der Waals surface area (Å²) in [6.07, 6.45) is -0.0880. The summed E-state index contributed by atoms with van der Waals surface area (Å²) in [6, 6.07) is 4.32. The quantitative estimate of drug-likeness (QED) is 0.793. The van der Waals surface area contributed by atoms with Crippen LogP contribution < -0.4 is 0 Å². The van der Waals surface area contributed by atoms with Gasteiger partial charge in [0.25, 0.3) is 0 Å². The molecule has 0 saturated heterocycles. The first-order chi connectivity index (χ1) is 7.08. The van der Waals surface area contributed by atoms with Crippen LogP contribution in [-0.2, 0) is 11.2 Å². The summed E-state index contributed by atoms with van der Waals surface area (Å²) in [4.78, 5) is 13.7. The lowest BCUT2D eigenvalue weighted by molar-refractivity contribution is -0.136. The summed E-state index contributed by atoms with van der Waals surface area (Å²) in [5.74, 6) is -1.27. The summed E-state index contributed by atoms with van der Waals surface area (Å²) >= 11 is 0. The summed E-state index contributed by atoms with van der Waals surface area (Å²) in [6.45, 7) is 1.79. The number of carboxylic acids is 1. The van der Waals surface area contributed by atoms with Crippen LogP contribution in [0.1, 0.15) is 11.3 Å². The second-order valence-electron chi connectivity index (χ2n) is 3.49. The summed E-state index contributed by atoms with van der Waals surface area (Å²) in [7, 11) is 0. The van der Waals surface area contributed by atoms with E-state index in [-0.39, 0.29) is 12.2 Å². The number of rotatable bonds is 2. The molecular formula is C11H10FNO2. The zero-order valence-electron chi connectivity index (χ0n) is 8.17. The lowest BCUT2D eigenvalue weighted by atomic mass is 10.1. The second-order valence-corrected chi connectivity index (χ2v) is 3.49. The Morgan fingerprint density at radius 2 is 2.27 bits per heavy atom. The molecule has 2 N–H and O–H groups in total. The highest BCUT2D eigenvalue weighted by molar-refractivity contribution is 5.88. The molecule has 1 aromatic carbocycles. The van der Waals surface area contributed by atoms with Crippen LogP contribution >= 0.6 is 0 Å². The van der Waals surface area contributed by atoms with E-state index in [1.54, 1.807) is 13.0 Å². The minimum absolute atomic E-state index is 0.0880. The normalized spacial score (nSPS) is 10.8. The Hall–Kier alpha value is -1.84. The SMILES string of the molecule is Cc1[nH]c2ccc(F)cc2c1CC(=O)O. The van der Waals surface area contributed by atoms with Crippen LogP contribution in [0.2, 0.25) is 0 Å². The number of aryl methyl sites for hydroxylation is 1. The first kappa shape index (κ1) is 9.71. The van der Waals surface area contributed by atoms with E-state index < -0.39 is 5.97 Å². The van der Waals surface area contributed by atoms with Crippen molar-refractivity contribution in [1.82, 2.24) is 4.98 Å². The van der Waals surface area contributed by atoms with Crippen molar-refractivity contribution in [3.8, 4) is 0 Å². The average molecular weight is 207 g/mol. The minimum atomic E-state index is -0.914. The van der Waals surface area contributed by atoms with Gasteiger partial charge in [0, 0.05) is 16.6 Å². The highest BCUT2D eigenvalue weighted by atomic mass is 19.1. The van der Waals surface area contributed by atoms with E-state index in [2.05, 4.69) is 4.98 Å². The van der Waals surface area contributed by atoms with Crippen LogP contribution in [-0.4, -0.2) is 16.1 Å². The topological polar surface area (TPSA) is 53.1 Å². The number of benzene rings is 1. The molecule has 1 aromatic heterocycles. The van der Waals surface area contributed by atoms with E-state index in [4.69, 9.17) is 5.11 Å². The fraction of sp³-hybridized carbons (Fsp3) is 0.182. The van der Waals surface area contributed by atoms with Gasteiger partial charge in [-0.2, -0.15) is 0 Å². The molecule has 0 aliphatic carbocycles. The number of aromatic amines is 1. The second kappa shape index (κ2) is 3.38. The monoisotopic (exact) mass is 207 g/mol. The van der Waals surface area contributed by atoms with Crippen molar-refractivity contribution in [2.75, 3.05) is 0 Å².